The number of hydrogen-bond acceptors (Lipinski definition) is 6. The van der Waals surface area contributed by atoms with Gasteiger partial charge in [-0.25, -0.2) is 0 Å². The Kier molecular flexibility index (Phi) is 5.15. The summed E-state index contributed by atoms with van der Waals surface area (Å²) in [6, 6.07) is 3.31. The first kappa shape index (κ1) is 18.5. The molecule has 0 aliphatic carbocycles. The molecular weight excluding hydrogens is 320 g/mol. The van der Waals surface area contributed by atoms with E-state index in [-0.39, 0.29) is 23.3 Å². The quantitative estimate of drug-likeness (QED) is 0.545. The van der Waals surface area contributed by atoms with Gasteiger partial charge in [-0.15, -0.1) is 0 Å². The van der Waals surface area contributed by atoms with Crippen LogP contribution in [0.5, 0.6) is 0 Å². The number of nitrogen functional groups attached to an aromatic ring is 1. The summed E-state index contributed by atoms with van der Waals surface area (Å²) >= 11 is 0. The number of benzene rings is 1. The number of carbonyl (C=O) groups is 1. The topological polar surface area (TPSA) is 105 Å². The van der Waals surface area contributed by atoms with Crippen molar-refractivity contribution in [3.63, 3.8) is 0 Å². The van der Waals surface area contributed by atoms with Crippen LogP contribution in [0.2, 0.25) is 0 Å². The maximum absolute atomic E-state index is 12.3. The van der Waals surface area contributed by atoms with Gasteiger partial charge in [0, 0.05) is 37.1 Å². The van der Waals surface area contributed by atoms with Gasteiger partial charge in [-0.1, -0.05) is 6.92 Å². The molecule has 0 aliphatic heterocycles. The third-order valence-corrected chi connectivity index (χ3v) is 4.24. The van der Waals surface area contributed by atoms with Crippen LogP contribution in [0, 0.1) is 6.92 Å². The van der Waals surface area contributed by atoms with E-state index in [4.69, 9.17) is 5.73 Å². The summed E-state index contributed by atoms with van der Waals surface area (Å²) in [5, 5.41) is 6.02. The average Bonchev–Trinajstić information content (AvgIpc) is 2.58. The molecule has 0 saturated heterocycles. The molecule has 25 heavy (non-hydrogen) atoms. The van der Waals surface area contributed by atoms with Crippen LogP contribution < -0.4 is 27.2 Å². The van der Waals surface area contributed by atoms with Gasteiger partial charge in [0.15, 0.2) is 0 Å². The molecule has 0 aliphatic rings. The summed E-state index contributed by atoms with van der Waals surface area (Å²) in [5.74, 6) is -0.184. The molecule has 0 radical (unpaired) electrons. The highest BCUT2D eigenvalue weighted by atomic mass is 16.2. The molecule has 7 nitrogen and oxygen atoms in total. The van der Waals surface area contributed by atoms with Gasteiger partial charge in [-0.3, -0.25) is 14.4 Å². The molecule has 1 atom stereocenters. The zero-order valence-electron chi connectivity index (χ0n) is 15.2. The molecule has 7 heteroatoms. The van der Waals surface area contributed by atoms with Crippen LogP contribution in [0.4, 0.5) is 22.7 Å². The lowest BCUT2D eigenvalue weighted by Gasteiger charge is -2.21. The second kappa shape index (κ2) is 6.96. The summed E-state index contributed by atoms with van der Waals surface area (Å²) in [6.45, 7) is 5.68. The number of rotatable bonds is 6. The minimum Gasteiger partial charge on any atom is -0.399 e. The molecule has 0 bridgehead atoms. The van der Waals surface area contributed by atoms with E-state index >= 15 is 0 Å². The van der Waals surface area contributed by atoms with Crippen LogP contribution >= 0.6 is 0 Å². The molecule has 0 aromatic heterocycles. The van der Waals surface area contributed by atoms with Crippen LogP contribution in [0.3, 0.4) is 0 Å². The van der Waals surface area contributed by atoms with Crippen LogP contribution in [-0.2, 0) is 0 Å². The molecule has 0 spiro atoms. The molecule has 0 fully saturated rings. The Bertz CT molecular complexity index is 879. The smallest absolute Gasteiger partial charge is 0.253 e. The highest BCUT2D eigenvalue weighted by Gasteiger charge is 2.23. The molecule has 0 heterocycles. The normalized spacial score (nSPS) is 12.0. The number of carbonyl (C=O) groups excluding carboxylic acids is 1. The Morgan fingerprint density at radius 3 is 2.36 bits per heavy atom. The zero-order valence-corrected chi connectivity index (χ0v) is 15.2. The van der Waals surface area contributed by atoms with Crippen molar-refractivity contribution in [3.05, 3.63) is 43.7 Å². The Morgan fingerprint density at radius 2 is 1.80 bits per heavy atom. The highest BCUT2D eigenvalue weighted by molar-refractivity contribution is 5.98. The fourth-order valence-corrected chi connectivity index (χ4v) is 2.46. The van der Waals surface area contributed by atoms with E-state index in [1.54, 1.807) is 33.2 Å². The first-order valence-corrected chi connectivity index (χ1v) is 8.16. The summed E-state index contributed by atoms with van der Waals surface area (Å²) in [6.07, 6.45) is 0.817. The van der Waals surface area contributed by atoms with Gasteiger partial charge in [0.05, 0.1) is 0 Å². The van der Waals surface area contributed by atoms with Crippen molar-refractivity contribution < 1.29 is 4.79 Å². The predicted octanol–water partition coefficient (Wildman–Crippen LogP) is 1.83. The molecule has 1 amide bonds. The van der Waals surface area contributed by atoms with Gasteiger partial charge in [-0.2, -0.15) is 0 Å². The maximum atomic E-state index is 12.3. The monoisotopic (exact) mass is 344 g/mol. The van der Waals surface area contributed by atoms with Crippen molar-refractivity contribution in [3.8, 4) is 0 Å². The SMILES string of the molecule is CC[C@H](C)Nc1c(Nc2cc(N)cc(C(=O)N(C)C)c2C)c(=O)c1=O. The maximum Gasteiger partial charge on any atom is 0.253 e. The molecule has 2 rings (SSSR count). The third-order valence-electron chi connectivity index (χ3n) is 4.24. The molecule has 0 saturated carbocycles. The number of anilines is 4. The second-order valence-electron chi connectivity index (χ2n) is 6.43. The van der Waals surface area contributed by atoms with Gasteiger partial charge in [0.1, 0.15) is 11.4 Å². The highest BCUT2D eigenvalue weighted by Crippen LogP contribution is 2.29. The van der Waals surface area contributed by atoms with Crippen molar-refractivity contribution in [1.29, 1.82) is 0 Å². The lowest BCUT2D eigenvalue weighted by Crippen LogP contribution is -2.38. The Morgan fingerprint density at radius 1 is 1.20 bits per heavy atom. The molecule has 0 unspecified atom stereocenters. The van der Waals surface area contributed by atoms with Gasteiger partial charge in [0.25, 0.3) is 16.8 Å². The molecule has 4 N–H and O–H groups in total. The van der Waals surface area contributed by atoms with Crippen LogP contribution in [0.1, 0.15) is 36.2 Å². The fraction of sp³-hybridized carbons (Fsp3) is 0.389. The van der Waals surface area contributed by atoms with Crippen LogP contribution in [0.15, 0.2) is 21.7 Å². The van der Waals surface area contributed by atoms with Gasteiger partial charge in [-0.05, 0) is 38.0 Å². The molecular formula is C18H24N4O3. The van der Waals surface area contributed by atoms with Gasteiger partial charge >= 0.3 is 0 Å². The number of amides is 1. The minimum absolute atomic E-state index is 0.0664. The Labute approximate surface area is 146 Å². The molecule has 134 valence electrons. The largest absolute Gasteiger partial charge is 0.399 e. The molecule has 2 aromatic carbocycles. The summed E-state index contributed by atoms with van der Waals surface area (Å²) in [5.41, 5.74) is 7.32. The van der Waals surface area contributed by atoms with E-state index in [0.29, 0.717) is 22.5 Å². The van der Waals surface area contributed by atoms with E-state index in [1.165, 1.54) is 4.90 Å². The third kappa shape index (κ3) is 3.50. The average molecular weight is 344 g/mol. The van der Waals surface area contributed by atoms with Crippen molar-refractivity contribution in [2.24, 2.45) is 0 Å². The van der Waals surface area contributed by atoms with Gasteiger partial charge < -0.3 is 21.3 Å². The van der Waals surface area contributed by atoms with E-state index in [1.807, 2.05) is 13.8 Å². The number of nitrogens with two attached hydrogens (primary N) is 1. The second-order valence-corrected chi connectivity index (χ2v) is 6.43. The number of nitrogens with one attached hydrogen (secondary N) is 2. The first-order valence-electron chi connectivity index (χ1n) is 8.16. The van der Waals surface area contributed by atoms with E-state index in [0.717, 1.165) is 6.42 Å². The van der Waals surface area contributed by atoms with E-state index < -0.39 is 10.9 Å². The van der Waals surface area contributed by atoms with Crippen LogP contribution in [0.25, 0.3) is 0 Å². The summed E-state index contributed by atoms with van der Waals surface area (Å²) < 4.78 is 0. The number of nitrogens with zero attached hydrogens (tertiary/aromatic N) is 1. The lowest BCUT2D eigenvalue weighted by atomic mass is 10.0. The minimum atomic E-state index is -0.576. The van der Waals surface area contributed by atoms with E-state index in [2.05, 4.69) is 10.6 Å². The lowest BCUT2D eigenvalue weighted by molar-refractivity contribution is 0.0827. The Hall–Kier alpha value is -2.83. The van der Waals surface area contributed by atoms with Crippen molar-refractivity contribution >= 4 is 28.7 Å². The van der Waals surface area contributed by atoms with Crippen molar-refractivity contribution in [2.45, 2.75) is 33.2 Å². The molecule has 2 aromatic rings. The van der Waals surface area contributed by atoms with Crippen LogP contribution in [-0.4, -0.2) is 30.9 Å². The zero-order chi connectivity index (χ0) is 18.9. The van der Waals surface area contributed by atoms with E-state index in [9.17, 15) is 14.4 Å². The fourth-order valence-electron chi connectivity index (χ4n) is 2.46. The number of hydrogen-bond donors (Lipinski definition) is 3. The Balaban J connectivity index is 2.43. The van der Waals surface area contributed by atoms with Crippen molar-refractivity contribution in [2.75, 3.05) is 30.5 Å². The first-order chi connectivity index (χ1) is 11.7. The van der Waals surface area contributed by atoms with Crippen molar-refractivity contribution in [1.82, 2.24) is 4.90 Å². The van der Waals surface area contributed by atoms with Gasteiger partial charge in [0.2, 0.25) is 0 Å². The standard InChI is InChI=1S/C18H24N4O3/c1-6-9(2)20-14-15(17(24)16(14)23)21-13-8-11(19)7-12(10(13)3)18(25)22(4)5/h7-9,20-21H,6,19H2,1-5H3/t9-/m0/s1. The predicted molar refractivity (Wildman–Crippen MR) is 102 cm³/mol. The summed E-state index contributed by atoms with van der Waals surface area (Å²) in [4.78, 5) is 37.5. The summed E-state index contributed by atoms with van der Waals surface area (Å²) in [7, 11) is 3.31.